The van der Waals surface area contributed by atoms with Gasteiger partial charge < -0.3 is 30.5 Å². The molecule has 5 unspecified atom stereocenters. The van der Waals surface area contributed by atoms with E-state index in [4.69, 9.17) is 9.84 Å². The number of nitrogens with zero attached hydrogens (tertiary/aromatic N) is 2. The number of nitro benzene ring substituents is 2. The van der Waals surface area contributed by atoms with E-state index in [1.807, 2.05) is 0 Å². The molecule has 0 amide bonds. The quantitative estimate of drug-likeness (QED) is 0.323. The minimum atomic E-state index is -1.66. The second-order valence-corrected chi connectivity index (χ2v) is 5.55. The molecule has 1 aromatic rings. The van der Waals surface area contributed by atoms with Gasteiger partial charge in [0.05, 0.1) is 33.8 Å². The average Bonchev–Trinajstić information content (AvgIpc) is 2.56. The maximum Gasteiger partial charge on any atom is 0.281 e. The zero-order valence-electron chi connectivity index (χ0n) is 13.0. The first-order valence-corrected chi connectivity index (χ1v) is 7.17. The van der Waals surface area contributed by atoms with Crippen LogP contribution in [0.25, 0.3) is 0 Å². The molecule has 0 radical (unpaired) electrons. The number of nitrogens with one attached hydrogen (secondary N) is 1. The lowest BCUT2D eigenvalue weighted by molar-refractivity contribution is -0.394. The predicted octanol–water partition coefficient (Wildman–Crippen LogP) is -0.977. The number of nitro groups is 2. The number of anilines is 1. The summed E-state index contributed by atoms with van der Waals surface area (Å²) in [7, 11) is 0. The Morgan fingerprint density at radius 1 is 1.12 bits per heavy atom. The molecular weight excluding hydrogens is 342 g/mol. The summed E-state index contributed by atoms with van der Waals surface area (Å²) in [5, 5.41) is 63.2. The molecule has 0 spiro atoms. The Morgan fingerprint density at radius 3 is 2.28 bits per heavy atom. The average molecular weight is 359 g/mol. The fourth-order valence-corrected chi connectivity index (χ4v) is 2.50. The van der Waals surface area contributed by atoms with E-state index in [1.54, 1.807) is 0 Å². The Labute approximate surface area is 140 Å². The summed E-state index contributed by atoms with van der Waals surface area (Å²) in [6.07, 6.45) is -7.42. The van der Waals surface area contributed by atoms with Crippen LogP contribution >= 0.6 is 0 Å². The van der Waals surface area contributed by atoms with Crippen LogP contribution in [0.2, 0.25) is 0 Å². The van der Waals surface area contributed by atoms with Crippen LogP contribution in [0.3, 0.4) is 0 Å². The van der Waals surface area contributed by atoms with Crippen molar-refractivity contribution in [3.63, 3.8) is 0 Å². The van der Waals surface area contributed by atoms with Gasteiger partial charge in [0.25, 0.3) is 11.4 Å². The highest BCUT2D eigenvalue weighted by Crippen LogP contribution is 2.33. The summed E-state index contributed by atoms with van der Waals surface area (Å²) in [6.45, 7) is 0.686. The normalized spacial score (nSPS) is 29.2. The van der Waals surface area contributed by atoms with E-state index < -0.39 is 58.5 Å². The maximum absolute atomic E-state index is 11.1. The molecular formula is C13H17N3O9. The smallest absolute Gasteiger partial charge is 0.281 e. The van der Waals surface area contributed by atoms with E-state index in [0.717, 1.165) is 12.1 Å². The summed E-state index contributed by atoms with van der Waals surface area (Å²) in [5.74, 6) is 0. The third kappa shape index (κ3) is 3.67. The fourth-order valence-electron chi connectivity index (χ4n) is 2.50. The van der Waals surface area contributed by atoms with E-state index >= 15 is 0 Å². The van der Waals surface area contributed by atoms with Crippen LogP contribution in [-0.4, -0.2) is 67.5 Å². The summed E-state index contributed by atoms with van der Waals surface area (Å²) in [5.41, 5.74) is -1.08. The molecule has 2 rings (SSSR count). The fraction of sp³-hybridized carbons (Fsp3) is 0.538. The van der Waals surface area contributed by atoms with Crippen molar-refractivity contribution >= 4 is 17.1 Å². The molecule has 1 heterocycles. The van der Waals surface area contributed by atoms with Gasteiger partial charge in [-0.3, -0.25) is 20.2 Å². The molecule has 138 valence electrons. The molecule has 1 aliphatic rings. The van der Waals surface area contributed by atoms with Crippen LogP contribution in [0.4, 0.5) is 17.1 Å². The molecule has 0 saturated carbocycles. The lowest BCUT2D eigenvalue weighted by Crippen LogP contribution is -2.60. The van der Waals surface area contributed by atoms with E-state index in [9.17, 15) is 35.5 Å². The monoisotopic (exact) mass is 359 g/mol. The van der Waals surface area contributed by atoms with Crippen LogP contribution in [0.15, 0.2) is 12.1 Å². The second kappa shape index (κ2) is 7.25. The SMILES string of the molecule is Cc1c(NC2OC(CO)C(O)C(O)C2O)cc([N+](=O)[O-])cc1[N+](=O)[O-]. The van der Waals surface area contributed by atoms with E-state index in [1.165, 1.54) is 6.92 Å². The van der Waals surface area contributed by atoms with Crippen molar-refractivity contribution in [2.75, 3.05) is 11.9 Å². The number of aliphatic hydroxyl groups excluding tert-OH is 4. The first-order chi connectivity index (χ1) is 11.7. The zero-order chi connectivity index (χ0) is 18.9. The molecule has 5 N–H and O–H groups in total. The number of benzene rings is 1. The lowest BCUT2D eigenvalue weighted by Gasteiger charge is -2.40. The topological polar surface area (TPSA) is 188 Å². The minimum absolute atomic E-state index is 0.0487. The second-order valence-electron chi connectivity index (χ2n) is 5.55. The Balaban J connectivity index is 2.38. The number of hydrogen-bond donors (Lipinski definition) is 5. The predicted molar refractivity (Wildman–Crippen MR) is 81.9 cm³/mol. The van der Waals surface area contributed by atoms with Gasteiger partial charge in [0.1, 0.15) is 24.4 Å². The number of aliphatic hydroxyl groups is 4. The largest absolute Gasteiger partial charge is 0.394 e. The summed E-state index contributed by atoms with van der Waals surface area (Å²) in [4.78, 5) is 20.4. The molecule has 1 aromatic carbocycles. The van der Waals surface area contributed by atoms with Gasteiger partial charge in [-0.2, -0.15) is 0 Å². The number of non-ortho nitro benzene ring substituents is 1. The molecule has 1 fully saturated rings. The third-order valence-corrected chi connectivity index (χ3v) is 3.96. The summed E-state index contributed by atoms with van der Waals surface area (Å²) >= 11 is 0. The Morgan fingerprint density at radius 2 is 1.76 bits per heavy atom. The molecule has 0 bridgehead atoms. The van der Waals surface area contributed by atoms with Crippen LogP contribution < -0.4 is 5.32 Å². The molecule has 5 atom stereocenters. The van der Waals surface area contributed by atoms with Crippen molar-refractivity contribution in [2.45, 2.75) is 37.6 Å². The molecule has 12 heteroatoms. The van der Waals surface area contributed by atoms with Gasteiger partial charge in [-0.15, -0.1) is 0 Å². The van der Waals surface area contributed by atoms with Gasteiger partial charge in [-0.1, -0.05) is 0 Å². The number of rotatable bonds is 5. The van der Waals surface area contributed by atoms with Crippen molar-refractivity contribution < 1.29 is 35.0 Å². The van der Waals surface area contributed by atoms with Crippen molar-refractivity contribution in [1.82, 2.24) is 0 Å². The molecule has 0 aromatic heterocycles. The van der Waals surface area contributed by atoms with Gasteiger partial charge in [0.15, 0.2) is 6.23 Å². The Bertz CT molecular complexity index is 681. The first kappa shape index (κ1) is 19.0. The van der Waals surface area contributed by atoms with Gasteiger partial charge in [-0.05, 0) is 6.92 Å². The van der Waals surface area contributed by atoms with Crippen molar-refractivity contribution in [3.8, 4) is 0 Å². The van der Waals surface area contributed by atoms with E-state index in [-0.39, 0.29) is 11.3 Å². The first-order valence-electron chi connectivity index (χ1n) is 7.17. The highest BCUT2D eigenvalue weighted by Gasteiger charge is 2.43. The third-order valence-electron chi connectivity index (χ3n) is 3.96. The highest BCUT2D eigenvalue weighted by molar-refractivity contribution is 5.66. The van der Waals surface area contributed by atoms with E-state index in [0.29, 0.717) is 0 Å². The van der Waals surface area contributed by atoms with Gasteiger partial charge in [-0.25, -0.2) is 0 Å². The van der Waals surface area contributed by atoms with Gasteiger partial charge in [0.2, 0.25) is 0 Å². The Kier molecular flexibility index (Phi) is 5.49. The van der Waals surface area contributed by atoms with Crippen LogP contribution in [0, 0.1) is 27.2 Å². The summed E-state index contributed by atoms with van der Waals surface area (Å²) < 4.78 is 5.23. The zero-order valence-corrected chi connectivity index (χ0v) is 13.0. The number of hydrogen-bond acceptors (Lipinski definition) is 10. The van der Waals surface area contributed by atoms with Crippen molar-refractivity contribution in [3.05, 3.63) is 37.9 Å². The number of ether oxygens (including phenoxy) is 1. The highest BCUT2D eigenvalue weighted by atomic mass is 16.6. The summed E-state index contributed by atoms with van der Waals surface area (Å²) in [6, 6.07) is 1.82. The lowest BCUT2D eigenvalue weighted by atomic mass is 9.98. The molecule has 0 aliphatic carbocycles. The molecule has 1 saturated heterocycles. The molecule has 12 nitrogen and oxygen atoms in total. The molecule has 1 aliphatic heterocycles. The van der Waals surface area contributed by atoms with Crippen LogP contribution in [0.5, 0.6) is 0 Å². The van der Waals surface area contributed by atoms with Crippen LogP contribution in [-0.2, 0) is 4.74 Å². The maximum atomic E-state index is 11.1. The van der Waals surface area contributed by atoms with E-state index in [2.05, 4.69) is 5.32 Å². The van der Waals surface area contributed by atoms with Gasteiger partial charge >= 0.3 is 0 Å². The van der Waals surface area contributed by atoms with Crippen molar-refractivity contribution in [2.24, 2.45) is 0 Å². The van der Waals surface area contributed by atoms with Crippen LogP contribution in [0.1, 0.15) is 5.56 Å². The standard InChI is InChI=1S/C13H17N3O9/c1-5-7(2-6(15(21)22)3-8(5)16(23)24)14-13-12(20)11(19)10(18)9(4-17)25-13/h2-3,9-14,17-20H,4H2,1H3. The van der Waals surface area contributed by atoms with Gasteiger partial charge in [0, 0.05) is 6.07 Å². The Hall–Kier alpha value is -2.38. The molecule has 25 heavy (non-hydrogen) atoms. The minimum Gasteiger partial charge on any atom is -0.394 e. The van der Waals surface area contributed by atoms with Crippen molar-refractivity contribution in [1.29, 1.82) is 0 Å².